The summed E-state index contributed by atoms with van der Waals surface area (Å²) in [6, 6.07) is 11.1. The third-order valence-corrected chi connectivity index (χ3v) is 4.99. The Balaban J connectivity index is 1.52. The van der Waals surface area contributed by atoms with Crippen molar-refractivity contribution in [1.82, 2.24) is 10.6 Å². The first kappa shape index (κ1) is 23.2. The zero-order valence-corrected chi connectivity index (χ0v) is 17.4. The number of carbonyl (C=O) groups is 2. The van der Waals surface area contributed by atoms with Crippen LogP contribution in [0.2, 0.25) is 0 Å². The molecule has 1 fully saturated rings. The summed E-state index contributed by atoms with van der Waals surface area (Å²) in [5, 5.41) is 4.71. The van der Waals surface area contributed by atoms with E-state index in [9.17, 15) is 22.8 Å². The van der Waals surface area contributed by atoms with Crippen LogP contribution in [-0.4, -0.2) is 51.1 Å². The number of alkyl carbamates (subject to hydrolysis) is 2. The van der Waals surface area contributed by atoms with Gasteiger partial charge in [-0.1, -0.05) is 30.3 Å². The lowest BCUT2D eigenvalue weighted by molar-refractivity contribution is 0.0718. The molecule has 2 N–H and O–H groups in total. The van der Waals surface area contributed by atoms with Crippen molar-refractivity contribution in [3.05, 3.63) is 65.2 Å². The molecule has 1 aliphatic rings. The van der Waals surface area contributed by atoms with Crippen LogP contribution in [0, 0.1) is 11.6 Å². The van der Waals surface area contributed by atoms with Crippen LogP contribution in [0.15, 0.2) is 42.5 Å². The molecule has 0 aliphatic carbocycles. The minimum atomic E-state index is -1.53. The van der Waals surface area contributed by atoms with Gasteiger partial charge in [-0.3, -0.25) is 0 Å². The van der Waals surface area contributed by atoms with Gasteiger partial charge in [-0.25, -0.2) is 22.8 Å². The molecule has 1 aliphatic heterocycles. The highest BCUT2D eigenvalue weighted by molar-refractivity contribution is 5.67. The highest BCUT2D eigenvalue weighted by Gasteiger charge is 2.37. The molecule has 10 heteroatoms. The molecule has 0 saturated carbocycles. The number of ether oxygens (including phenoxy) is 2. The van der Waals surface area contributed by atoms with Crippen molar-refractivity contribution < 1.29 is 32.2 Å². The number of halogens is 3. The standard InChI is InChI=1S/C22H24F3N3O4/c1-26-21(29)32-20-12-28(11-18(20)25)19-10-16(23)15(9-17(19)24)7-8-27-22(30)31-13-14-5-3-2-4-6-14/h2-6,9-10,18,20H,7-8,11-13H2,1H3,(H,26,29)(H,27,30). The van der Waals surface area contributed by atoms with Crippen molar-refractivity contribution >= 4 is 17.9 Å². The Labute approximate surface area is 183 Å². The molecule has 1 saturated heterocycles. The fraction of sp³-hybridized carbons (Fsp3) is 0.364. The highest BCUT2D eigenvalue weighted by atomic mass is 19.1. The van der Waals surface area contributed by atoms with Crippen molar-refractivity contribution in [3.63, 3.8) is 0 Å². The van der Waals surface area contributed by atoms with E-state index in [0.717, 1.165) is 17.7 Å². The fourth-order valence-corrected chi connectivity index (χ4v) is 3.32. The number of hydrogen-bond acceptors (Lipinski definition) is 5. The quantitative estimate of drug-likeness (QED) is 0.675. The number of carbonyl (C=O) groups excluding carboxylic acids is 2. The maximum Gasteiger partial charge on any atom is 0.407 e. The van der Waals surface area contributed by atoms with Crippen LogP contribution >= 0.6 is 0 Å². The molecule has 172 valence electrons. The van der Waals surface area contributed by atoms with E-state index >= 15 is 0 Å². The molecule has 2 unspecified atom stereocenters. The lowest BCUT2D eigenvalue weighted by Crippen LogP contribution is -2.32. The molecule has 0 spiro atoms. The van der Waals surface area contributed by atoms with Crippen LogP contribution in [0.25, 0.3) is 0 Å². The third kappa shape index (κ3) is 6.05. The summed E-state index contributed by atoms with van der Waals surface area (Å²) in [5.41, 5.74) is 0.766. The number of alkyl halides is 1. The predicted molar refractivity (Wildman–Crippen MR) is 111 cm³/mol. The lowest BCUT2D eigenvalue weighted by Gasteiger charge is -2.20. The largest absolute Gasteiger partial charge is 0.445 e. The number of nitrogens with one attached hydrogen (secondary N) is 2. The van der Waals surface area contributed by atoms with Gasteiger partial charge in [0.05, 0.1) is 18.8 Å². The summed E-state index contributed by atoms with van der Waals surface area (Å²) in [4.78, 5) is 24.3. The van der Waals surface area contributed by atoms with E-state index in [1.807, 2.05) is 30.3 Å². The van der Waals surface area contributed by atoms with Crippen LogP contribution < -0.4 is 15.5 Å². The zero-order valence-electron chi connectivity index (χ0n) is 17.4. The molecule has 0 bridgehead atoms. The zero-order chi connectivity index (χ0) is 23.1. The molecular weight excluding hydrogens is 427 g/mol. The number of amides is 2. The summed E-state index contributed by atoms with van der Waals surface area (Å²) >= 11 is 0. The second kappa shape index (κ2) is 10.7. The average Bonchev–Trinajstić information content (AvgIpc) is 3.14. The summed E-state index contributed by atoms with van der Waals surface area (Å²) in [6.07, 6.45) is -4.03. The number of hydrogen-bond donors (Lipinski definition) is 2. The van der Waals surface area contributed by atoms with Crippen LogP contribution in [0.4, 0.5) is 28.4 Å². The van der Waals surface area contributed by atoms with E-state index in [4.69, 9.17) is 9.47 Å². The number of anilines is 1. The Kier molecular flexibility index (Phi) is 7.80. The van der Waals surface area contributed by atoms with Crippen LogP contribution in [0.1, 0.15) is 11.1 Å². The van der Waals surface area contributed by atoms with E-state index in [1.54, 1.807) is 0 Å². The Morgan fingerprint density at radius 2 is 1.84 bits per heavy atom. The Bertz CT molecular complexity index is 946. The van der Waals surface area contributed by atoms with E-state index in [1.165, 1.54) is 11.9 Å². The second-order valence-corrected chi connectivity index (χ2v) is 7.25. The van der Waals surface area contributed by atoms with Gasteiger partial charge in [0.15, 0.2) is 12.3 Å². The first-order chi connectivity index (χ1) is 15.4. The molecule has 0 radical (unpaired) electrons. The third-order valence-electron chi connectivity index (χ3n) is 4.99. The maximum absolute atomic E-state index is 14.6. The van der Waals surface area contributed by atoms with Crippen molar-refractivity contribution in [2.75, 3.05) is 31.6 Å². The highest BCUT2D eigenvalue weighted by Crippen LogP contribution is 2.29. The van der Waals surface area contributed by atoms with Crippen LogP contribution in [-0.2, 0) is 22.5 Å². The van der Waals surface area contributed by atoms with Crippen LogP contribution in [0.5, 0.6) is 0 Å². The Morgan fingerprint density at radius 3 is 2.56 bits per heavy atom. The van der Waals surface area contributed by atoms with E-state index < -0.39 is 36.1 Å². The minimum absolute atomic E-state index is 0.0393. The van der Waals surface area contributed by atoms with E-state index in [0.29, 0.717) is 0 Å². The number of rotatable bonds is 7. The first-order valence-corrected chi connectivity index (χ1v) is 10.1. The van der Waals surface area contributed by atoms with Gasteiger partial charge in [-0.15, -0.1) is 0 Å². The maximum atomic E-state index is 14.6. The average molecular weight is 451 g/mol. The monoisotopic (exact) mass is 451 g/mol. The van der Waals surface area contributed by atoms with E-state index in [2.05, 4.69) is 10.6 Å². The molecule has 7 nitrogen and oxygen atoms in total. The van der Waals surface area contributed by atoms with Crippen molar-refractivity contribution in [2.24, 2.45) is 0 Å². The molecule has 3 rings (SSSR count). The summed E-state index contributed by atoms with van der Waals surface area (Å²) in [7, 11) is 1.34. The fourth-order valence-electron chi connectivity index (χ4n) is 3.32. The number of nitrogens with zero attached hydrogens (tertiary/aromatic N) is 1. The normalized spacial score (nSPS) is 17.7. The Hall–Kier alpha value is -3.43. The summed E-state index contributed by atoms with van der Waals surface area (Å²) in [6.45, 7) is -0.187. The summed E-state index contributed by atoms with van der Waals surface area (Å²) < 4.78 is 53.2. The SMILES string of the molecule is CNC(=O)OC1CN(c2cc(F)c(CCNC(=O)OCc3ccccc3)cc2F)CC1F. The molecule has 32 heavy (non-hydrogen) atoms. The molecule has 1 heterocycles. The van der Waals surface area contributed by atoms with Crippen molar-refractivity contribution in [2.45, 2.75) is 25.3 Å². The van der Waals surface area contributed by atoms with Gasteiger partial charge in [0.1, 0.15) is 18.2 Å². The van der Waals surface area contributed by atoms with E-state index in [-0.39, 0.29) is 43.9 Å². The molecule has 0 aromatic heterocycles. The summed E-state index contributed by atoms with van der Waals surface area (Å²) in [5.74, 6) is -1.42. The van der Waals surface area contributed by atoms with Crippen molar-refractivity contribution in [3.8, 4) is 0 Å². The van der Waals surface area contributed by atoms with Gasteiger partial charge in [-0.05, 0) is 23.6 Å². The van der Waals surface area contributed by atoms with Gasteiger partial charge in [0, 0.05) is 19.7 Å². The molecule has 2 aromatic rings. The van der Waals surface area contributed by atoms with Crippen LogP contribution in [0.3, 0.4) is 0 Å². The van der Waals surface area contributed by atoms with Gasteiger partial charge >= 0.3 is 12.2 Å². The first-order valence-electron chi connectivity index (χ1n) is 10.1. The lowest BCUT2D eigenvalue weighted by atomic mass is 10.1. The topological polar surface area (TPSA) is 79.9 Å². The smallest absolute Gasteiger partial charge is 0.407 e. The second-order valence-electron chi connectivity index (χ2n) is 7.25. The molecule has 2 aromatic carbocycles. The molecule has 2 amide bonds. The van der Waals surface area contributed by atoms with Gasteiger partial charge in [-0.2, -0.15) is 0 Å². The van der Waals surface area contributed by atoms with Gasteiger partial charge < -0.3 is 25.0 Å². The Morgan fingerprint density at radius 1 is 1.09 bits per heavy atom. The predicted octanol–water partition coefficient (Wildman–Crippen LogP) is 3.32. The molecule has 2 atom stereocenters. The van der Waals surface area contributed by atoms with Crippen molar-refractivity contribution in [1.29, 1.82) is 0 Å². The van der Waals surface area contributed by atoms with Gasteiger partial charge in [0.25, 0.3) is 0 Å². The number of benzene rings is 2. The minimum Gasteiger partial charge on any atom is -0.445 e. The van der Waals surface area contributed by atoms with Gasteiger partial charge in [0.2, 0.25) is 0 Å². The molecular formula is C22H24F3N3O4.